The van der Waals surface area contributed by atoms with Gasteiger partial charge in [-0.2, -0.15) is 0 Å². The van der Waals surface area contributed by atoms with Gasteiger partial charge in [-0.25, -0.2) is 4.39 Å². The molecule has 7 heteroatoms. The largest absolute Gasteiger partial charge is 0.390 e. The molecule has 2 fully saturated rings. The van der Waals surface area contributed by atoms with Gasteiger partial charge in [0.25, 0.3) is 5.91 Å². The van der Waals surface area contributed by atoms with Crippen molar-refractivity contribution in [1.29, 1.82) is 0 Å². The molecule has 2 aromatic rings. The molecule has 0 aliphatic carbocycles. The van der Waals surface area contributed by atoms with Gasteiger partial charge < -0.3 is 15.3 Å². The fraction of sp³-hybridized carbons (Fsp3) is 0.556. The number of hydrogen-bond acceptors (Lipinski definition) is 5. The minimum Gasteiger partial charge on any atom is -0.390 e. The van der Waals surface area contributed by atoms with Gasteiger partial charge in [0, 0.05) is 48.6 Å². The number of carbonyl (C=O) groups is 1. The molecular weight excluding hydrogens is 431 g/mol. The van der Waals surface area contributed by atoms with E-state index < -0.39 is 5.60 Å². The summed E-state index contributed by atoms with van der Waals surface area (Å²) in [6.07, 6.45) is 5.60. The van der Waals surface area contributed by atoms with Gasteiger partial charge >= 0.3 is 0 Å². The molecule has 0 radical (unpaired) electrons. The van der Waals surface area contributed by atoms with Crippen LogP contribution in [0.5, 0.6) is 0 Å². The van der Waals surface area contributed by atoms with Crippen molar-refractivity contribution in [1.82, 2.24) is 20.1 Å². The number of carbonyl (C=O) groups excluding carboxylic acids is 1. The van der Waals surface area contributed by atoms with Crippen molar-refractivity contribution in [3.8, 4) is 11.3 Å². The number of hydrogen-bond donors (Lipinski definition) is 2. The van der Waals surface area contributed by atoms with E-state index in [9.17, 15) is 9.90 Å². The average molecular weight is 467 g/mol. The van der Waals surface area contributed by atoms with Crippen LogP contribution in [0.1, 0.15) is 61.0 Å². The lowest BCUT2D eigenvalue weighted by Gasteiger charge is -2.37. The predicted octanol–water partition coefficient (Wildman–Crippen LogP) is 3.58. The Kier molecular flexibility index (Phi) is 6.44. The first kappa shape index (κ1) is 23.4. The van der Waals surface area contributed by atoms with Crippen LogP contribution in [0.4, 0.5) is 4.39 Å². The summed E-state index contributed by atoms with van der Waals surface area (Å²) in [6, 6.07) is 7.57. The summed E-state index contributed by atoms with van der Waals surface area (Å²) in [6.45, 7) is 8.39. The highest BCUT2D eigenvalue weighted by atomic mass is 19.1. The number of benzene rings is 1. The van der Waals surface area contributed by atoms with Crippen molar-refractivity contribution in [3.05, 3.63) is 53.0 Å². The van der Waals surface area contributed by atoms with E-state index in [1.807, 2.05) is 36.9 Å². The summed E-state index contributed by atoms with van der Waals surface area (Å²) < 4.78 is 15.6. The second-order valence-corrected chi connectivity index (χ2v) is 10.6. The summed E-state index contributed by atoms with van der Waals surface area (Å²) >= 11 is 0. The molecule has 2 N–H and O–H groups in total. The van der Waals surface area contributed by atoms with E-state index in [0.717, 1.165) is 68.6 Å². The lowest BCUT2D eigenvalue weighted by molar-refractivity contribution is -0.0137. The van der Waals surface area contributed by atoms with Gasteiger partial charge in [-0.15, -0.1) is 0 Å². The lowest BCUT2D eigenvalue weighted by Crippen LogP contribution is -2.46. The van der Waals surface area contributed by atoms with Gasteiger partial charge in [-0.3, -0.25) is 14.7 Å². The number of aromatic nitrogens is 1. The lowest BCUT2D eigenvalue weighted by atomic mass is 9.83. The van der Waals surface area contributed by atoms with E-state index in [-0.39, 0.29) is 23.7 Å². The smallest absolute Gasteiger partial charge is 0.254 e. The third kappa shape index (κ3) is 4.61. The zero-order chi connectivity index (χ0) is 23.9. The number of nitrogens with zero attached hydrogens (tertiary/aromatic N) is 3. The summed E-state index contributed by atoms with van der Waals surface area (Å²) in [7, 11) is 0. The molecule has 1 amide bonds. The molecule has 0 saturated carbocycles. The predicted molar refractivity (Wildman–Crippen MR) is 130 cm³/mol. The number of aliphatic hydroxyl groups is 1. The van der Waals surface area contributed by atoms with Gasteiger partial charge in [-0.05, 0) is 88.8 Å². The van der Waals surface area contributed by atoms with Crippen LogP contribution in [0.2, 0.25) is 0 Å². The van der Waals surface area contributed by atoms with E-state index >= 15 is 4.39 Å². The van der Waals surface area contributed by atoms with E-state index in [1.54, 1.807) is 12.3 Å². The quantitative estimate of drug-likeness (QED) is 0.705. The van der Waals surface area contributed by atoms with Crippen LogP contribution in [0.3, 0.4) is 0 Å². The fourth-order valence-electron chi connectivity index (χ4n) is 5.73. The summed E-state index contributed by atoms with van der Waals surface area (Å²) in [5.74, 6) is 0.0660. The van der Waals surface area contributed by atoms with Crippen molar-refractivity contribution in [2.75, 3.05) is 26.2 Å². The van der Waals surface area contributed by atoms with Gasteiger partial charge in [0.15, 0.2) is 5.82 Å². The molecule has 1 unspecified atom stereocenters. The highest BCUT2D eigenvalue weighted by Crippen LogP contribution is 2.33. The maximum absolute atomic E-state index is 15.6. The Bertz CT molecular complexity index is 1050. The number of nitrogens with one attached hydrogen (secondary N) is 1. The molecule has 2 saturated heterocycles. The van der Waals surface area contributed by atoms with Gasteiger partial charge in [0.05, 0.1) is 5.60 Å². The zero-order valence-electron chi connectivity index (χ0n) is 20.2. The van der Waals surface area contributed by atoms with Crippen LogP contribution in [0.15, 0.2) is 30.5 Å². The molecule has 6 nitrogen and oxygen atoms in total. The molecule has 34 heavy (non-hydrogen) atoms. The van der Waals surface area contributed by atoms with E-state index in [1.165, 1.54) is 0 Å². The van der Waals surface area contributed by atoms with E-state index in [0.29, 0.717) is 24.3 Å². The SMILES string of the molecule is CC(C)(O)C1CCN(Cc2ccnc(-c3ccc4c(c3)CN(C3CCCNC3)C4=O)c2F)CC1. The number of likely N-dealkylation sites (tertiary alicyclic amines) is 1. The maximum Gasteiger partial charge on any atom is 0.254 e. The summed E-state index contributed by atoms with van der Waals surface area (Å²) in [5, 5.41) is 13.7. The highest BCUT2D eigenvalue weighted by Gasteiger charge is 2.34. The summed E-state index contributed by atoms with van der Waals surface area (Å²) in [5.41, 5.74) is 2.71. The van der Waals surface area contributed by atoms with E-state index in [4.69, 9.17) is 0 Å². The minimum atomic E-state index is -0.667. The minimum absolute atomic E-state index is 0.0758. The topological polar surface area (TPSA) is 68.7 Å². The molecule has 1 aromatic carbocycles. The van der Waals surface area contributed by atoms with Crippen LogP contribution in [0.25, 0.3) is 11.3 Å². The zero-order valence-corrected chi connectivity index (χ0v) is 20.2. The molecule has 1 aromatic heterocycles. The normalized spacial score (nSPS) is 22.3. The maximum atomic E-state index is 15.6. The summed E-state index contributed by atoms with van der Waals surface area (Å²) in [4.78, 5) is 21.5. The Hall–Kier alpha value is -2.35. The molecule has 182 valence electrons. The number of piperidine rings is 2. The number of rotatable bonds is 5. The molecule has 0 bridgehead atoms. The molecule has 5 rings (SSSR count). The van der Waals surface area contributed by atoms with Crippen molar-refractivity contribution in [2.45, 2.75) is 64.3 Å². The van der Waals surface area contributed by atoms with Crippen LogP contribution in [0, 0.1) is 11.7 Å². The Balaban J connectivity index is 1.31. The van der Waals surface area contributed by atoms with Crippen molar-refractivity contribution in [3.63, 3.8) is 0 Å². The molecule has 3 aliphatic rings. The second kappa shape index (κ2) is 9.36. The van der Waals surface area contributed by atoms with Crippen molar-refractivity contribution in [2.24, 2.45) is 5.92 Å². The highest BCUT2D eigenvalue weighted by molar-refractivity contribution is 5.99. The van der Waals surface area contributed by atoms with Crippen molar-refractivity contribution < 1.29 is 14.3 Å². The van der Waals surface area contributed by atoms with Gasteiger partial charge in [0.1, 0.15) is 5.69 Å². The average Bonchev–Trinajstić information content (AvgIpc) is 3.16. The van der Waals surface area contributed by atoms with Crippen LogP contribution >= 0.6 is 0 Å². The number of halogens is 1. The molecule has 0 spiro atoms. The fourth-order valence-corrected chi connectivity index (χ4v) is 5.73. The molecule has 1 atom stereocenters. The van der Waals surface area contributed by atoms with Gasteiger partial charge in [0.2, 0.25) is 0 Å². The van der Waals surface area contributed by atoms with E-state index in [2.05, 4.69) is 15.2 Å². The van der Waals surface area contributed by atoms with Crippen LogP contribution < -0.4 is 5.32 Å². The first-order valence-electron chi connectivity index (χ1n) is 12.5. The third-order valence-corrected chi connectivity index (χ3v) is 7.87. The number of fused-ring (bicyclic) bond motifs is 1. The van der Waals surface area contributed by atoms with Crippen LogP contribution in [-0.2, 0) is 13.1 Å². The second-order valence-electron chi connectivity index (χ2n) is 10.6. The Morgan fingerprint density at radius 3 is 2.71 bits per heavy atom. The van der Waals surface area contributed by atoms with Crippen molar-refractivity contribution >= 4 is 5.91 Å². The Morgan fingerprint density at radius 2 is 2.00 bits per heavy atom. The Labute approximate surface area is 201 Å². The monoisotopic (exact) mass is 466 g/mol. The molecular formula is C27H35FN4O2. The number of pyridine rings is 1. The molecule has 4 heterocycles. The molecule has 3 aliphatic heterocycles. The van der Waals surface area contributed by atoms with Crippen LogP contribution in [-0.4, -0.2) is 63.6 Å². The first-order valence-corrected chi connectivity index (χ1v) is 12.5. The Morgan fingerprint density at radius 1 is 1.21 bits per heavy atom. The third-order valence-electron chi connectivity index (χ3n) is 7.87. The number of amides is 1. The first-order chi connectivity index (χ1) is 16.3. The van der Waals surface area contributed by atoms with Gasteiger partial charge in [-0.1, -0.05) is 6.07 Å². The standard InChI is InChI=1S/C27H35FN4O2/c1-27(2,34)21-8-12-31(13-9-21)16-19-7-11-30-25(24(19)28)18-5-6-23-20(14-18)17-32(26(23)33)22-4-3-10-29-15-22/h5-7,11,14,21-22,29,34H,3-4,8-10,12-13,15-17H2,1-2H3.